The lowest BCUT2D eigenvalue weighted by Gasteiger charge is -2.18. The molecule has 0 fully saturated rings. The van der Waals surface area contributed by atoms with Gasteiger partial charge in [-0.3, -0.25) is 9.59 Å². The summed E-state index contributed by atoms with van der Waals surface area (Å²) >= 11 is 0. The Hall–Kier alpha value is -2.91. The Balaban J connectivity index is 1.82. The Morgan fingerprint density at radius 3 is 2.85 bits per heavy atom. The minimum absolute atomic E-state index is 0.131. The van der Waals surface area contributed by atoms with Crippen molar-refractivity contribution in [1.29, 1.82) is 0 Å². The number of carbonyl (C=O) groups is 2. The molecule has 2 aromatic rings. The van der Waals surface area contributed by atoms with E-state index in [0.29, 0.717) is 12.4 Å². The maximum Gasteiger partial charge on any atom is 0.265 e. The van der Waals surface area contributed by atoms with E-state index in [-0.39, 0.29) is 28.7 Å². The predicted octanol–water partition coefficient (Wildman–Crippen LogP) is 1.28. The fourth-order valence-electron chi connectivity index (χ4n) is 2.44. The van der Waals surface area contributed by atoms with Crippen LogP contribution in [0.2, 0.25) is 0 Å². The molecule has 0 aliphatic carbocycles. The smallest absolute Gasteiger partial charge is 0.265 e. The van der Waals surface area contributed by atoms with Crippen LogP contribution in [0.5, 0.6) is 5.75 Å². The summed E-state index contributed by atoms with van der Waals surface area (Å²) in [5.74, 6) is -0.783. The van der Waals surface area contributed by atoms with Crippen LogP contribution in [0.3, 0.4) is 0 Å². The molecule has 0 atom stereocenters. The summed E-state index contributed by atoms with van der Waals surface area (Å²) in [6, 6.07) is 10.4. The standard InChI is InChI=1S/C17H16N2O6S/c1-24-9-11-3-2-4-12(7-11)17(21)19-26(22,23)13-5-6-15-14(8-13)18-16(20)10-25-15/h2-8H,9-10H2,1H3,(H,18,20)(H,19,21). The summed E-state index contributed by atoms with van der Waals surface area (Å²) in [6.45, 7) is 0.173. The lowest BCUT2D eigenvalue weighted by atomic mass is 10.1. The minimum atomic E-state index is -4.12. The van der Waals surface area contributed by atoms with Gasteiger partial charge >= 0.3 is 0 Å². The third-order valence-corrected chi connectivity index (χ3v) is 4.95. The summed E-state index contributed by atoms with van der Waals surface area (Å²) in [6.07, 6.45) is 0. The number of methoxy groups -OCH3 is 1. The Bertz CT molecular complexity index is 971. The summed E-state index contributed by atoms with van der Waals surface area (Å²) < 4.78 is 37.2. The molecule has 1 aliphatic heterocycles. The van der Waals surface area contributed by atoms with Gasteiger partial charge in [0.05, 0.1) is 17.2 Å². The van der Waals surface area contributed by atoms with E-state index in [2.05, 4.69) is 5.32 Å². The largest absolute Gasteiger partial charge is 0.482 e. The normalized spacial score (nSPS) is 13.3. The Labute approximate surface area is 150 Å². The Morgan fingerprint density at radius 1 is 1.27 bits per heavy atom. The summed E-state index contributed by atoms with van der Waals surface area (Å²) in [7, 11) is -2.60. The van der Waals surface area contributed by atoms with Crippen LogP contribution in [-0.2, 0) is 26.2 Å². The number of hydrogen-bond acceptors (Lipinski definition) is 6. The van der Waals surface area contributed by atoms with E-state index < -0.39 is 15.9 Å². The van der Waals surface area contributed by atoms with Crippen LogP contribution < -0.4 is 14.8 Å². The van der Waals surface area contributed by atoms with Gasteiger partial charge in [-0.15, -0.1) is 0 Å². The minimum Gasteiger partial charge on any atom is -0.482 e. The van der Waals surface area contributed by atoms with Gasteiger partial charge in [0.25, 0.3) is 21.8 Å². The lowest BCUT2D eigenvalue weighted by Crippen LogP contribution is -2.31. The van der Waals surface area contributed by atoms with Crippen molar-refractivity contribution < 1.29 is 27.5 Å². The number of carbonyl (C=O) groups excluding carboxylic acids is 2. The third-order valence-electron chi connectivity index (χ3n) is 3.62. The fourth-order valence-corrected chi connectivity index (χ4v) is 3.44. The van der Waals surface area contributed by atoms with Crippen molar-refractivity contribution in [2.24, 2.45) is 0 Å². The zero-order chi connectivity index (χ0) is 18.7. The number of amides is 2. The van der Waals surface area contributed by atoms with Gasteiger partial charge in [-0.25, -0.2) is 13.1 Å². The van der Waals surface area contributed by atoms with E-state index in [1.54, 1.807) is 18.2 Å². The van der Waals surface area contributed by atoms with Gasteiger partial charge in [0.1, 0.15) is 5.75 Å². The molecule has 136 valence electrons. The molecule has 26 heavy (non-hydrogen) atoms. The van der Waals surface area contributed by atoms with E-state index in [0.717, 1.165) is 5.56 Å². The highest BCUT2D eigenvalue weighted by Gasteiger charge is 2.23. The van der Waals surface area contributed by atoms with E-state index in [4.69, 9.17) is 9.47 Å². The summed E-state index contributed by atoms with van der Waals surface area (Å²) in [4.78, 5) is 23.5. The highest BCUT2D eigenvalue weighted by molar-refractivity contribution is 7.90. The van der Waals surface area contributed by atoms with Crippen LogP contribution in [-0.4, -0.2) is 33.9 Å². The second kappa shape index (κ2) is 7.14. The Kier molecular flexibility index (Phi) is 4.92. The summed E-state index contributed by atoms with van der Waals surface area (Å²) in [5.41, 5.74) is 1.17. The van der Waals surface area contributed by atoms with Crippen molar-refractivity contribution in [3.63, 3.8) is 0 Å². The van der Waals surface area contributed by atoms with Crippen LogP contribution in [0.25, 0.3) is 0 Å². The van der Waals surface area contributed by atoms with Crippen LogP contribution in [0.1, 0.15) is 15.9 Å². The first-order valence-corrected chi connectivity index (χ1v) is 9.09. The zero-order valence-electron chi connectivity index (χ0n) is 13.8. The third kappa shape index (κ3) is 3.84. The highest BCUT2D eigenvalue weighted by Crippen LogP contribution is 2.30. The topological polar surface area (TPSA) is 111 Å². The molecule has 1 heterocycles. The number of anilines is 1. The van der Waals surface area contributed by atoms with Crippen molar-refractivity contribution >= 4 is 27.5 Å². The van der Waals surface area contributed by atoms with Gasteiger partial charge in [0, 0.05) is 12.7 Å². The molecule has 0 radical (unpaired) electrons. The van der Waals surface area contributed by atoms with Gasteiger partial charge < -0.3 is 14.8 Å². The molecule has 3 rings (SSSR count). The molecule has 0 saturated heterocycles. The number of ether oxygens (including phenoxy) is 2. The average molecular weight is 376 g/mol. The van der Waals surface area contributed by atoms with Crippen LogP contribution in [0, 0.1) is 0 Å². The monoisotopic (exact) mass is 376 g/mol. The SMILES string of the molecule is COCc1cccc(C(=O)NS(=O)(=O)c2ccc3c(c2)NC(=O)CO3)c1. The van der Waals surface area contributed by atoms with Crippen LogP contribution in [0.15, 0.2) is 47.4 Å². The quantitative estimate of drug-likeness (QED) is 0.813. The van der Waals surface area contributed by atoms with Crippen molar-refractivity contribution in [1.82, 2.24) is 4.72 Å². The van der Waals surface area contributed by atoms with Crippen LogP contribution >= 0.6 is 0 Å². The van der Waals surface area contributed by atoms with E-state index in [1.165, 1.54) is 31.4 Å². The first kappa shape index (κ1) is 17.9. The van der Waals surface area contributed by atoms with Gasteiger partial charge in [-0.1, -0.05) is 12.1 Å². The molecule has 8 nitrogen and oxygen atoms in total. The molecule has 0 bridgehead atoms. The van der Waals surface area contributed by atoms with Crippen molar-refractivity contribution in [2.75, 3.05) is 19.0 Å². The maximum absolute atomic E-state index is 12.5. The first-order valence-electron chi connectivity index (χ1n) is 7.61. The van der Waals surface area contributed by atoms with E-state index in [1.807, 2.05) is 4.72 Å². The van der Waals surface area contributed by atoms with E-state index in [9.17, 15) is 18.0 Å². The second-order valence-corrected chi connectivity index (χ2v) is 7.25. The number of nitrogens with one attached hydrogen (secondary N) is 2. The van der Waals surface area contributed by atoms with Crippen LogP contribution in [0.4, 0.5) is 5.69 Å². The van der Waals surface area contributed by atoms with Gasteiger partial charge in [0.15, 0.2) is 6.61 Å². The van der Waals surface area contributed by atoms with Gasteiger partial charge in [-0.2, -0.15) is 0 Å². The molecule has 0 unspecified atom stereocenters. The molecule has 0 aromatic heterocycles. The zero-order valence-corrected chi connectivity index (χ0v) is 14.6. The van der Waals surface area contributed by atoms with Crippen molar-refractivity contribution in [2.45, 2.75) is 11.5 Å². The first-order chi connectivity index (χ1) is 12.4. The number of rotatable bonds is 5. The van der Waals surface area contributed by atoms with Gasteiger partial charge in [-0.05, 0) is 35.9 Å². The Morgan fingerprint density at radius 2 is 2.08 bits per heavy atom. The average Bonchev–Trinajstić information content (AvgIpc) is 2.61. The molecular weight excluding hydrogens is 360 g/mol. The molecule has 0 saturated carbocycles. The lowest BCUT2D eigenvalue weighted by molar-refractivity contribution is -0.118. The molecule has 9 heteroatoms. The van der Waals surface area contributed by atoms with E-state index >= 15 is 0 Å². The number of sulfonamides is 1. The highest BCUT2D eigenvalue weighted by atomic mass is 32.2. The molecule has 2 aromatic carbocycles. The predicted molar refractivity (Wildman–Crippen MR) is 92.4 cm³/mol. The second-order valence-electron chi connectivity index (χ2n) is 5.56. The summed E-state index contributed by atoms with van der Waals surface area (Å²) in [5, 5.41) is 2.52. The molecule has 1 aliphatic rings. The molecule has 0 spiro atoms. The fraction of sp³-hybridized carbons (Fsp3) is 0.176. The number of benzene rings is 2. The molecular formula is C17H16N2O6S. The number of hydrogen-bond donors (Lipinski definition) is 2. The van der Waals surface area contributed by atoms with Crippen molar-refractivity contribution in [3.8, 4) is 5.75 Å². The van der Waals surface area contributed by atoms with Gasteiger partial charge in [0.2, 0.25) is 0 Å². The number of fused-ring (bicyclic) bond motifs is 1. The maximum atomic E-state index is 12.5. The van der Waals surface area contributed by atoms with Crippen molar-refractivity contribution in [3.05, 3.63) is 53.6 Å². The molecule has 2 amide bonds. The molecule has 2 N–H and O–H groups in total.